The number of azo groups is 1. The number of benzene rings is 2. The summed E-state index contributed by atoms with van der Waals surface area (Å²) in [5.74, 6) is 0. The Bertz CT molecular complexity index is 1090. The Balaban J connectivity index is 0.000000305. The van der Waals surface area contributed by atoms with Gasteiger partial charge in [0.25, 0.3) is 0 Å². The van der Waals surface area contributed by atoms with Crippen LogP contribution in [-0.2, 0) is 12.8 Å². The molecule has 2 heterocycles. The van der Waals surface area contributed by atoms with Crippen LogP contribution in [0.1, 0.15) is 50.7 Å². The molecule has 6 N–H and O–H groups in total. The molecular weight excluding hydrogens is 506 g/mol. The number of hydrogen-bond acceptors (Lipinski definition) is 7. The van der Waals surface area contributed by atoms with Gasteiger partial charge in [-0.3, -0.25) is 0 Å². The normalized spacial score (nSPS) is 10.1. The summed E-state index contributed by atoms with van der Waals surface area (Å²) in [6, 6.07) is 23.9. The summed E-state index contributed by atoms with van der Waals surface area (Å²) in [5.41, 5.74) is 21.0. The van der Waals surface area contributed by atoms with Crippen LogP contribution in [-0.4, -0.2) is 0 Å². The van der Waals surface area contributed by atoms with Crippen molar-refractivity contribution in [1.82, 2.24) is 0 Å². The number of nitrogen functional groups attached to an aromatic ring is 3. The molecule has 5 nitrogen and oxygen atoms in total. The van der Waals surface area contributed by atoms with Gasteiger partial charge in [0.1, 0.15) is 5.00 Å². The third-order valence-corrected chi connectivity index (χ3v) is 6.47. The Morgan fingerprint density at radius 1 is 0.667 bits per heavy atom. The fraction of sp³-hybridized carbons (Fsp3) is 0.286. The number of rotatable bonds is 8. The van der Waals surface area contributed by atoms with E-state index in [-0.39, 0.29) is 12.4 Å². The standard InChI is InChI=1S/C14H17N3S.C10H15N.C4H5NS.ClH/c1-2-3-4-11-5-7-12(8-6-11)16-17-14-10-9-13(15)18-14;1-2-3-4-9-5-7-10(11)8-6-9;5-4-2-1-3-6-4;/h5-10H,2-4,15H2,1H3;5-8H,2-4,11H2,1H3;1-3H,5H2;1H. The van der Waals surface area contributed by atoms with Crippen LogP contribution in [0.2, 0.25) is 0 Å². The van der Waals surface area contributed by atoms with Crippen LogP contribution in [0.3, 0.4) is 0 Å². The van der Waals surface area contributed by atoms with Crippen LogP contribution >= 0.6 is 35.1 Å². The fourth-order valence-corrected chi connectivity index (χ4v) is 4.04. The Morgan fingerprint density at radius 3 is 1.67 bits per heavy atom. The van der Waals surface area contributed by atoms with E-state index in [2.05, 4.69) is 48.3 Å². The summed E-state index contributed by atoms with van der Waals surface area (Å²) in [6.45, 7) is 4.41. The van der Waals surface area contributed by atoms with Crippen LogP contribution in [0.4, 0.5) is 26.4 Å². The van der Waals surface area contributed by atoms with Crippen molar-refractivity contribution >= 4 is 61.5 Å². The molecule has 194 valence electrons. The molecule has 0 radical (unpaired) electrons. The highest BCUT2D eigenvalue weighted by Crippen LogP contribution is 2.28. The van der Waals surface area contributed by atoms with Crippen LogP contribution < -0.4 is 17.2 Å². The number of aryl methyl sites for hydroxylation is 2. The molecule has 8 heteroatoms. The van der Waals surface area contributed by atoms with E-state index in [1.165, 1.54) is 54.6 Å². The van der Waals surface area contributed by atoms with Crippen LogP contribution in [0, 0.1) is 0 Å². The molecule has 2 aromatic carbocycles. The minimum absolute atomic E-state index is 0. The Kier molecular flexibility index (Phi) is 15.9. The van der Waals surface area contributed by atoms with Crippen molar-refractivity contribution in [3.05, 3.63) is 89.3 Å². The lowest BCUT2D eigenvalue weighted by Crippen LogP contribution is -1.87. The van der Waals surface area contributed by atoms with Gasteiger partial charge in [-0.2, -0.15) is 0 Å². The molecule has 4 aromatic rings. The van der Waals surface area contributed by atoms with Gasteiger partial charge in [-0.1, -0.05) is 62.3 Å². The van der Waals surface area contributed by atoms with Gasteiger partial charge in [-0.25, -0.2) is 0 Å². The minimum Gasteiger partial charge on any atom is -0.399 e. The van der Waals surface area contributed by atoms with Crippen molar-refractivity contribution in [3.8, 4) is 0 Å². The molecule has 0 aliphatic rings. The molecule has 0 spiro atoms. The molecule has 0 saturated carbocycles. The molecule has 0 unspecified atom stereocenters. The van der Waals surface area contributed by atoms with Crippen LogP contribution in [0.25, 0.3) is 0 Å². The molecule has 0 fully saturated rings. The smallest absolute Gasteiger partial charge is 0.140 e. The van der Waals surface area contributed by atoms with Crippen molar-refractivity contribution in [2.45, 2.75) is 52.4 Å². The predicted octanol–water partition coefficient (Wildman–Crippen LogP) is 9.45. The summed E-state index contributed by atoms with van der Waals surface area (Å²) >= 11 is 2.99. The quantitative estimate of drug-likeness (QED) is 0.152. The first kappa shape index (κ1) is 31.2. The lowest BCUT2D eigenvalue weighted by Gasteiger charge is -1.99. The third kappa shape index (κ3) is 13.3. The minimum atomic E-state index is 0. The highest BCUT2D eigenvalue weighted by molar-refractivity contribution is 7.19. The van der Waals surface area contributed by atoms with Crippen molar-refractivity contribution in [2.24, 2.45) is 10.2 Å². The van der Waals surface area contributed by atoms with E-state index in [0.717, 1.165) is 32.8 Å². The second-order valence-corrected chi connectivity index (χ2v) is 10.1. The average molecular weight is 544 g/mol. The molecule has 0 aliphatic heterocycles. The Labute approximate surface area is 229 Å². The molecule has 0 amide bonds. The van der Waals surface area contributed by atoms with Gasteiger partial charge >= 0.3 is 0 Å². The first-order chi connectivity index (χ1) is 17.0. The lowest BCUT2D eigenvalue weighted by molar-refractivity contribution is 0.795. The monoisotopic (exact) mass is 543 g/mol. The van der Waals surface area contributed by atoms with Gasteiger partial charge in [0.15, 0.2) is 0 Å². The molecule has 0 aliphatic carbocycles. The zero-order valence-corrected chi connectivity index (χ0v) is 23.5. The zero-order valence-electron chi connectivity index (χ0n) is 21.1. The number of nitrogens with two attached hydrogens (primary N) is 3. The fourth-order valence-electron chi connectivity index (χ4n) is 2.97. The number of thiophene rings is 2. The maximum absolute atomic E-state index is 5.63. The van der Waals surface area contributed by atoms with Gasteiger partial charge < -0.3 is 17.2 Å². The maximum atomic E-state index is 5.63. The summed E-state index contributed by atoms with van der Waals surface area (Å²) in [7, 11) is 0. The van der Waals surface area contributed by atoms with E-state index in [1.807, 2.05) is 53.9 Å². The summed E-state index contributed by atoms with van der Waals surface area (Å²) in [4.78, 5) is 0. The largest absolute Gasteiger partial charge is 0.399 e. The molecule has 0 saturated heterocycles. The van der Waals surface area contributed by atoms with E-state index in [4.69, 9.17) is 17.2 Å². The SMILES string of the molecule is CCCCc1ccc(N)cc1.CCCCc1ccc(N=Nc2ccc(N)s2)cc1.Cl.Nc1cccs1. The number of hydrogen-bond donors (Lipinski definition) is 3. The molecule has 36 heavy (non-hydrogen) atoms. The van der Waals surface area contributed by atoms with Crippen molar-refractivity contribution in [1.29, 1.82) is 0 Å². The summed E-state index contributed by atoms with van der Waals surface area (Å²) < 4.78 is 0. The zero-order chi connectivity index (χ0) is 25.3. The first-order valence-electron chi connectivity index (χ1n) is 12.0. The van der Waals surface area contributed by atoms with Crippen LogP contribution in [0.5, 0.6) is 0 Å². The highest BCUT2D eigenvalue weighted by atomic mass is 35.5. The average Bonchev–Trinajstić information content (AvgIpc) is 3.53. The van der Waals surface area contributed by atoms with Crippen LogP contribution in [0.15, 0.2) is 88.4 Å². The van der Waals surface area contributed by atoms with E-state index >= 15 is 0 Å². The highest BCUT2D eigenvalue weighted by Gasteiger charge is 1.96. The number of nitrogens with zero attached hydrogens (tertiary/aromatic N) is 2. The lowest BCUT2D eigenvalue weighted by atomic mass is 10.1. The first-order valence-corrected chi connectivity index (χ1v) is 13.7. The van der Waals surface area contributed by atoms with Gasteiger partial charge in [-0.05, 0) is 90.7 Å². The van der Waals surface area contributed by atoms with Gasteiger partial charge in [0.05, 0.1) is 15.7 Å². The van der Waals surface area contributed by atoms with Crippen molar-refractivity contribution in [3.63, 3.8) is 0 Å². The van der Waals surface area contributed by atoms with Crippen molar-refractivity contribution in [2.75, 3.05) is 17.2 Å². The van der Waals surface area contributed by atoms with E-state index in [0.29, 0.717) is 0 Å². The predicted molar refractivity (Wildman–Crippen MR) is 163 cm³/mol. The second-order valence-electron chi connectivity index (χ2n) is 8.01. The van der Waals surface area contributed by atoms with E-state index in [1.54, 1.807) is 11.3 Å². The maximum Gasteiger partial charge on any atom is 0.140 e. The Hall–Kier alpha value is -2.87. The second kappa shape index (κ2) is 18.4. The van der Waals surface area contributed by atoms with Gasteiger partial charge in [-0.15, -0.1) is 34.0 Å². The molecule has 4 rings (SSSR count). The van der Waals surface area contributed by atoms with Gasteiger partial charge in [0.2, 0.25) is 0 Å². The molecule has 2 aromatic heterocycles. The van der Waals surface area contributed by atoms with E-state index in [9.17, 15) is 0 Å². The molecule has 0 bridgehead atoms. The number of halogens is 1. The Morgan fingerprint density at radius 2 is 1.25 bits per heavy atom. The van der Waals surface area contributed by atoms with Gasteiger partial charge in [0, 0.05) is 5.69 Å². The van der Waals surface area contributed by atoms with Crippen molar-refractivity contribution < 1.29 is 0 Å². The third-order valence-electron chi connectivity index (χ3n) is 4.97. The number of anilines is 3. The topological polar surface area (TPSA) is 103 Å². The van der Waals surface area contributed by atoms with E-state index < -0.39 is 0 Å². The number of unbranched alkanes of at least 4 members (excludes halogenated alkanes) is 2. The summed E-state index contributed by atoms with van der Waals surface area (Å²) in [5, 5.41) is 12.8. The molecular formula is C28H38ClN5S2. The molecule has 0 atom stereocenters. The summed E-state index contributed by atoms with van der Waals surface area (Å²) in [6.07, 6.45) is 7.29.